The van der Waals surface area contributed by atoms with Gasteiger partial charge in [-0.15, -0.1) is 24.0 Å². The third-order valence-corrected chi connectivity index (χ3v) is 5.78. The largest absolute Gasteiger partial charge is 0.468 e. The van der Waals surface area contributed by atoms with Crippen molar-refractivity contribution in [3.05, 3.63) is 24.2 Å². The summed E-state index contributed by atoms with van der Waals surface area (Å²) in [6.45, 7) is 3.11. The number of halogens is 1. The summed E-state index contributed by atoms with van der Waals surface area (Å²) < 4.78 is 5.69. The zero-order valence-corrected chi connectivity index (χ0v) is 19.8. The van der Waals surface area contributed by atoms with Crippen LogP contribution in [0.15, 0.2) is 27.8 Å². The molecule has 1 unspecified atom stereocenters. The van der Waals surface area contributed by atoms with Crippen LogP contribution in [-0.2, 0) is 4.79 Å². The number of piperidine rings is 1. The standard InChI is InChI=1S/C21H35N5O2.HI/c1-22-21(24-16-20(27)25-17-9-4-2-5-10-17)23-15-18(19-11-8-14-28-19)26-12-6-3-7-13-26;/h8,11,14,17-18H,2-7,9-10,12-13,15-16H2,1H3,(H,25,27)(H2,22,23,24);1H. The van der Waals surface area contributed by atoms with E-state index in [1.54, 1.807) is 13.3 Å². The number of nitrogens with zero attached hydrogens (tertiary/aromatic N) is 2. The molecule has 1 atom stereocenters. The topological polar surface area (TPSA) is 81.9 Å². The summed E-state index contributed by atoms with van der Waals surface area (Å²) in [5.41, 5.74) is 0. The molecule has 1 amide bonds. The smallest absolute Gasteiger partial charge is 0.239 e. The molecule has 1 aliphatic heterocycles. The predicted octanol–water partition coefficient (Wildman–Crippen LogP) is 3.04. The molecule has 164 valence electrons. The lowest BCUT2D eigenvalue weighted by atomic mass is 9.95. The van der Waals surface area contributed by atoms with Crippen molar-refractivity contribution in [3.8, 4) is 0 Å². The number of aliphatic imine (C=N–C) groups is 1. The fraction of sp³-hybridized carbons (Fsp3) is 0.714. The summed E-state index contributed by atoms with van der Waals surface area (Å²) in [7, 11) is 1.73. The van der Waals surface area contributed by atoms with Crippen molar-refractivity contribution in [2.24, 2.45) is 4.99 Å². The third-order valence-electron chi connectivity index (χ3n) is 5.78. The van der Waals surface area contributed by atoms with Crippen molar-refractivity contribution in [2.45, 2.75) is 63.5 Å². The van der Waals surface area contributed by atoms with Crippen LogP contribution < -0.4 is 16.0 Å². The maximum absolute atomic E-state index is 12.2. The molecule has 0 radical (unpaired) electrons. The van der Waals surface area contributed by atoms with Crippen molar-refractivity contribution < 1.29 is 9.21 Å². The SMILES string of the molecule is CN=C(NCC(=O)NC1CCCCC1)NCC(c1ccco1)N1CCCCC1.I. The summed E-state index contributed by atoms with van der Waals surface area (Å²) in [4.78, 5) is 19.0. The van der Waals surface area contributed by atoms with E-state index < -0.39 is 0 Å². The van der Waals surface area contributed by atoms with E-state index in [4.69, 9.17) is 4.42 Å². The quantitative estimate of drug-likeness (QED) is 0.294. The van der Waals surface area contributed by atoms with Gasteiger partial charge >= 0.3 is 0 Å². The summed E-state index contributed by atoms with van der Waals surface area (Å²) in [6.07, 6.45) is 11.4. The molecule has 1 aromatic heterocycles. The molecule has 1 aliphatic carbocycles. The van der Waals surface area contributed by atoms with Crippen LogP contribution in [0.4, 0.5) is 0 Å². The number of amides is 1. The minimum Gasteiger partial charge on any atom is -0.468 e. The Morgan fingerprint density at radius 2 is 1.90 bits per heavy atom. The Hall–Kier alpha value is -1.29. The first kappa shape index (κ1) is 24.0. The average molecular weight is 517 g/mol. The first-order valence-corrected chi connectivity index (χ1v) is 10.8. The third kappa shape index (κ3) is 7.81. The van der Waals surface area contributed by atoms with Crippen LogP contribution in [0.5, 0.6) is 0 Å². The average Bonchev–Trinajstić information content (AvgIpc) is 3.26. The van der Waals surface area contributed by atoms with Gasteiger partial charge in [-0.25, -0.2) is 0 Å². The Kier molecular flexibility index (Phi) is 10.8. The van der Waals surface area contributed by atoms with Crippen molar-refractivity contribution in [1.82, 2.24) is 20.9 Å². The van der Waals surface area contributed by atoms with Crippen molar-refractivity contribution in [1.29, 1.82) is 0 Å². The molecule has 2 fully saturated rings. The first-order chi connectivity index (χ1) is 13.8. The molecule has 2 heterocycles. The second kappa shape index (κ2) is 13.1. The lowest BCUT2D eigenvalue weighted by Gasteiger charge is -2.33. The van der Waals surface area contributed by atoms with Crippen molar-refractivity contribution in [2.75, 3.05) is 33.2 Å². The van der Waals surface area contributed by atoms with E-state index in [9.17, 15) is 4.79 Å². The monoisotopic (exact) mass is 517 g/mol. The number of carbonyl (C=O) groups is 1. The fourth-order valence-electron chi connectivity index (χ4n) is 4.22. The highest BCUT2D eigenvalue weighted by atomic mass is 127. The lowest BCUT2D eigenvalue weighted by molar-refractivity contribution is -0.120. The van der Waals surface area contributed by atoms with Gasteiger partial charge in [0, 0.05) is 19.6 Å². The number of furan rings is 1. The van der Waals surface area contributed by atoms with E-state index in [0.29, 0.717) is 18.5 Å². The van der Waals surface area contributed by atoms with Crippen LogP contribution >= 0.6 is 24.0 Å². The van der Waals surface area contributed by atoms with Crippen LogP contribution in [0.1, 0.15) is 63.2 Å². The molecular weight excluding hydrogens is 481 g/mol. The maximum Gasteiger partial charge on any atom is 0.239 e. The molecule has 1 aromatic rings. The molecule has 3 N–H and O–H groups in total. The highest BCUT2D eigenvalue weighted by Gasteiger charge is 2.24. The van der Waals surface area contributed by atoms with Gasteiger partial charge in [-0.1, -0.05) is 25.7 Å². The minimum atomic E-state index is 0. The van der Waals surface area contributed by atoms with Crippen LogP contribution in [0.25, 0.3) is 0 Å². The van der Waals surface area contributed by atoms with E-state index in [0.717, 1.165) is 31.7 Å². The predicted molar refractivity (Wildman–Crippen MR) is 127 cm³/mol. The number of hydrogen-bond acceptors (Lipinski definition) is 4. The summed E-state index contributed by atoms with van der Waals surface area (Å²) >= 11 is 0. The molecule has 8 heteroatoms. The Labute approximate surface area is 191 Å². The van der Waals surface area contributed by atoms with E-state index in [2.05, 4.69) is 25.8 Å². The fourth-order valence-corrected chi connectivity index (χ4v) is 4.22. The van der Waals surface area contributed by atoms with Gasteiger partial charge < -0.3 is 20.4 Å². The van der Waals surface area contributed by atoms with Crippen LogP contribution in [0, 0.1) is 0 Å². The lowest BCUT2D eigenvalue weighted by Crippen LogP contribution is -2.48. The molecule has 2 aliphatic rings. The molecular formula is C21H36IN5O2. The van der Waals surface area contributed by atoms with E-state index in [1.807, 2.05) is 12.1 Å². The van der Waals surface area contributed by atoms with Gasteiger partial charge in [0.25, 0.3) is 0 Å². The highest BCUT2D eigenvalue weighted by Crippen LogP contribution is 2.24. The molecule has 0 spiro atoms. The van der Waals surface area contributed by atoms with Crippen LogP contribution in [0.2, 0.25) is 0 Å². The Morgan fingerprint density at radius 3 is 2.55 bits per heavy atom. The van der Waals surface area contributed by atoms with E-state index in [1.165, 1.54) is 38.5 Å². The molecule has 29 heavy (non-hydrogen) atoms. The number of guanidine groups is 1. The second-order valence-electron chi connectivity index (χ2n) is 7.84. The minimum absolute atomic E-state index is 0. The van der Waals surface area contributed by atoms with E-state index >= 15 is 0 Å². The maximum atomic E-state index is 12.2. The highest BCUT2D eigenvalue weighted by molar-refractivity contribution is 14.0. The molecule has 0 bridgehead atoms. The van der Waals surface area contributed by atoms with Crippen molar-refractivity contribution >= 4 is 35.8 Å². The Balaban J connectivity index is 0.00000300. The summed E-state index contributed by atoms with van der Waals surface area (Å²) in [5, 5.41) is 9.64. The van der Waals surface area contributed by atoms with Gasteiger partial charge in [-0.2, -0.15) is 0 Å². The summed E-state index contributed by atoms with van der Waals surface area (Å²) in [5.74, 6) is 1.65. The number of hydrogen-bond donors (Lipinski definition) is 3. The number of likely N-dealkylation sites (tertiary alicyclic amines) is 1. The summed E-state index contributed by atoms with van der Waals surface area (Å²) in [6, 6.07) is 4.48. The zero-order chi connectivity index (χ0) is 19.6. The van der Waals surface area contributed by atoms with Gasteiger partial charge in [-0.3, -0.25) is 14.7 Å². The number of carbonyl (C=O) groups excluding carboxylic acids is 1. The molecule has 1 saturated heterocycles. The number of nitrogens with one attached hydrogen (secondary N) is 3. The Morgan fingerprint density at radius 1 is 1.17 bits per heavy atom. The first-order valence-electron chi connectivity index (χ1n) is 10.8. The van der Waals surface area contributed by atoms with Crippen LogP contribution in [-0.4, -0.2) is 56.0 Å². The van der Waals surface area contributed by atoms with E-state index in [-0.39, 0.29) is 42.5 Å². The molecule has 1 saturated carbocycles. The molecule has 7 nitrogen and oxygen atoms in total. The van der Waals surface area contributed by atoms with Crippen molar-refractivity contribution in [3.63, 3.8) is 0 Å². The van der Waals surface area contributed by atoms with Gasteiger partial charge in [0.2, 0.25) is 5.91 Å². The molecule has 0 aromatic carbocycles. The van der Waals surface area contributed by atoms with Gasteiger partial charge in [-0.05, 0) is 50.9 Å². The van der Waals surface area contributed by atoms with Gasteiger partial charge in [0.05, 0.1) is 18.8 Å². The Bertz CT molecular complexity index is 611. The molecule has 3 rings (SSSR count). The zero-order valence-electron chi connectivity index (χ0n) is 17.5. The normalized spacial score (nSPS) is 19.8. The second-order valence-corrected chi connectivity index (χ2v) is 7.84. The van der Waals surface area contributed by atoms with Gasteiger partial charge in [0.1, 0.15) is 5.76 Å². The number of rotatable bonds is 7. The van der Waals surface area contributed by atoms with Gasteiger partial charge in [0.15, 0.2) is 5.96 Å². The van der Waals surface area contributed by atoms with Crippen LogP contribution in [0.3, 0.4) is 0 Å².